The summed E-state index contributed by atoms with van der Waals surface area (Å²) in [6.45, 7) is 8.48. The second-order valence-corrected chi connectivity index (χ2v) is 5.97. The van der Waals surface area contributed by atoms with Crippen LogP contribution in [-0.2, 0) is 12.5 Å². The van der Waals surface area contributed by atoms with Gasteiger partial charge in [-0.3, -0.25) is 4.79 Å². The van der Waals surface area contributed by atoms with Crippen molar-refractivity contribution in [1.82, 2.24) is 9.55 Å². The first-order chi connectivity index (χ1) is 8.80. The Hall–Kier alpha value is -1.90. The highest BCUT2D eigenvalue weighted by molar-refractivity contribution is 6.07. The Balaban J connectivity index is 2.43. The van der Waals surface area contributed by atoms with Gasteiger partial charge in [-0.1, -0.05) is 39.0 Å². The van der Waals surface area contributed by atoms with Crippen LogP contribution >= 0.6 is 0 Å². The fraction of sp³-hybridized carbons (Fsp3) is 0.375. The van der Waals surface area contributed by atoms with Gasteiger partial charge in [0, 0.05) is 25.0 Å². The average molecular weight is 256 g/mol. The summed E-state index contributed by atoms with van der Waals surface area (Å²) in [4.78, 5) is 16.5. The lowest BCUT2D eigenvalue weighted by atomic mass is 9.85. The molecule has 0 saturated heterocycles. The van der Waals surface area contributed by atoms with E-state index >= 15 is 0 Å². The highest BCUT2D eigenvalue weighted by atomic mass is 16.1. The highest BCUT2D eigenvalue weighted by Crippen LogP contribution is 2.25. The van der Waals surface area contributed by atoms with Crippen LogP contribution in [-0.4, -0.2) is 15.3 Å². The first-order valence-corrected chi connectivity index (χ1v) is 6.44. The molecule has 0 aliphatic carbocycles. The van der Waals surface area contributed by atoms with Crippen molar-refractivity contribution in [2.24, 2.45) is 7.05 Å². The Kier molecular flexibility index (Phi) is 3.31. The van der Waals surface area contributed by atoms with Gasteiger partial charge in [-0.05, 0) is 23.5 Å². The van der Waals surface area contributed by atoms with Crippen molar-refractivity contribution in [3.05, 3.63) is 53.1 Å². The summed E-state index contributed by atoms with van der Waals surface area (Å²) in [5, 5.41) is 0. The fourth-order valence-corrected chi connectivity index (χ4v) is 2.09. The predicted octanol–water partition coefficient (Wildman–Crippen LogP) is 3.26. The maximum atomic E-state index is 12.4. The number of carbonyl (C=O) groups excluding carboxylic acids is 1. The van der Waals surface area contributed by atoms with Crippen LogP contribution in [0.3, 0.4) is 0 Å². The first-order valence-electron chi connectivity index (χ1n) is 6.44. The molecule has 0 amide bonds. The monoisotopic (exact) mass is 256 g/mol. The quantitative estimate of drug-likeness (QED) is 0.773. The third kappa shape index (κ3) is 2.60. The summed E-state index contributed by atoms with van der Waals surface area (Å²) in [7, 11) is 1.83. The molecule has 0 N–H and O–H groups in total. The lowest BCUT2D eigenvalue weighted by Crippen LogP contribution is -2.14. The normalized spacial score (nSPS) is 11.6. The number of hydrogen-bond donors (Lipinski definition) is 0. The number of aromatic nitrogens is 2. The number of carbonyl (C=O) groups is 1. The molecule has 0 unspecified atom stereocenters. The van der Waals surface area contributed by atoms with Gasteiger partial charge in [-0.2, -0.15) is 0 Å². The van der Waals surface area contributed by atoms with Crippen LogP contribution in [0.4, 0.5) is 0 Å². The summed E-state index contributed by atoms with van der Waals surface area (Å²) in [5.74, 6) is 0.456. The van der Waals surface area contributed by atoms with Gasteiger partial charge in [0.05, 0.1) is 0 Å². The zero-order valence-electron chi connectivity index (χ0n) is 12.2. The predicted molar refractivity (Wildman–Crippen MR) is 76.5 cm³/mol. The molecule has 19 heavy (non-hydrogen) atoms. The van der Waals surface area contributed by atoms with Crippen molar-refractivity contribution in [3.63, 3.8) is 0 Å². The molecular weight excluding hydrogens is 236 g/mol. The van der Waals surface area contributed by atoms with Crippen LogP contribution in [0.25, 0.3) is 0 Å². The number of ketones is 1. The molecule has 0 aliphatic heterocycles. The van der Waals surface area contributed by atoms with Crippen LogP contribution in [0.1, 0.15) is 48.1 Å². The van der Waals surface area contributed by atoms with Gasteiger partial charge in [0.15, 0.2) is 5.82 Å². The highest BCUT2D eigenvalue weighted by Gasteiger charge is 2.19. The summed E-state index contributed by atoms with van der Waals surface area (Å²) in [6.07, 6.45) is 3.43. The molecule has 3 heteroatoms. The van der Waals surface area contributed by atoms with Crippen LogP contribution in [0.5, 0.6) is 0 Å². The van der Waals surface area contributed by atoms with E-state index in [-0.39, 0.29) is 11.2 Å². The van der Waals surface area contributed by atoms with Gasteiger partial charge in [0.1, 0.15) is 0 Å². The van der Waals surface area contributed by atoms with Gasteiger partial charge in [0.25, 0.3) is 0 Å². The van der Waals surface area contributed by atoms with Crippen molar-refractivity contribution in [2.45, 2.75) is 33.1 Å². The van der Waals surface area contributed by atoms with E-state index in [1.165, 1.54) is 5.56 Å². The van der Waals surface area contributed by atoms with Crippen LogP contribution < -0.4 is 0 Å². The van der Waals surface area contributed by atoms with Crippen LogP contribution in [0.2, 0.25) is 0 Å². The zero-order valence-corrected chi connectivity index (χ0v) is 12.2. The van der Waals surface area contributed by atoms with E-state index in [1.54, 1.807) is 17.0 Å². The Morgan fingerprint density at radius 3 is 2.42 bits per heavy atom. The SMILES string of the molecule is Cc1cc(C(C)(C)C)ccc1C(=O)c1nccn1C. The Labute approximate surface area is 114 Å². The van der Waals surface area contributed by atoms with E-state index in [9.17, 15) is 4.79 Å². The number of imidazole rings is 1. The molecule has 100 valence electrons. The lowest BCUT2D eigenvalue weighted by molar-refractivity contribution is 0.102. The molecule has 1 heterocycles. The van der Waals surface area contributed by atoms with Crippen molar-refractivity contribution < 1.29 is 4.79 Å². The van der Waals surface area contributed by atoms with Crippen molar-refractivity contribution in [3.8, 4) is 0 Å². The first kappa shape index (κ1) is 13.5. The second-order valence-electron chi connectivity index (χ2n) is 5.97. The standard InChI is InChI=1S/C16H20N2O/c1-11-10-12(16(2,3)4)6-7-13(11)14(19)15-17-8-9-18(15)5/h6-10H,1-5H3. The molecule has 0 fully saturated rings. The van der Waals surface area contributed by atoms with E-state index in [0.717, 1.165) is 11.1 Å². The molecule has 0 atom stereocenters. The van der Waals surface area contributed by atoms with Crippen molar-refractivity contribution in [1.29, 1.82) is 0 Å². The molecular formula is C16H20N2O. The number of rotatable bonds is 2. The minimum Gasteiger partial charge on any atom is -0.331 e. The van der Waals surface area contributed by atoms with Crippen LogP contribution in [0, 0.1) is 6.92 Å². The third-order valence-electron chi connectivity index (χ3n) is 3.36. The number of hydrogen-bond acceptors (Lipinski definition) is 2. The van der Waals surface area contributed by atoms with Crippen LogP contribution in [0.15, 0.2) is 30.6 Å². The molecule has 0 aliphatic rings. The molecule has 1 aromatic carbocycles. The summed E-state index contributed by atoms with van der Waals surface area (Å²) < 4.78 is 1.75. The van der Waals surface area contributed by atoms with E-state index < -0.39 is 0 Å². The minimum atomic E-state index is -0.0227. The smallest absolute Gasteiger partial charge is 0.228 e. The lowest BCUT2D eigenvalue weighted by Gasteiger charge is -2.20. The molecule has 1 aromatic heterocycles. The van der Waals surface area contributed by atoms with Gasteiger partial charge in [0.2, 0.25) is 5.78 Å². The molecule has 0 spiro atoms. The van der Waals surface area contributed by atoms with Crippen molar-refractivity contribution >= 4 is 5.78 Å². The number of aryl methyl sites for hydroxylation is 2. The van der Waals surface area contributed by atoms with Gasteiger partial charge in [-0.25, -0.2) is 4.98 Å². The maximum Gasteiger partial charge on any atom is 0.228 e. The minimum absolute atomic E-state index is 0.0227. The van der Waals surface area contributed by atoms with E-state index in [4.69, 9.17) is 0 Å². The average Bonchev–Trinajstić information content (AvgIpc) is 2.73. The number of benzene rings is 1. The Bertz CT molecular complexity index is 618. The molecule has 3 nitrogen and oxygen atoms in total. The fourth-order valence-electron chi connectivity index (χ4n) is 2.09. The maximum absolute atomic E-state index is 12.4. The Morgan fingerprint density at radius 1 is 1.26 bits per heavy atom. The van der Waals surface area contributed by atoms with E-state index in [0.29, 0.717) is 5.82 Å². The molecule has 0 bridgehead atoms. The van der Waals surface area contributed by atoms with E-state index in [1.807, 2.05) is 26.1 Å². The summed E-state index contributed by atoms with van der Waals surface area (Å²) in [5.41, 5.74) is 3.05. The molecule has 0 radical (unpaired) electrons. The largest absolute Gasteiger partial charge is 0.331 e. The molecule has 2 rings (SSSR count). The van der Waals surface area contributed by atoms with Gasteiger partial charge in [-0.15, -0.1) is 0 Å². The topological polar surface area (TPSA) is 34.9 Å². The number of nitrogens with zero attached hydrogens (tertiary/aromatic N) is 2. The molecule has 2 aromatic rings. The van der Waals surface area contributed by atoms with Gasteiger partial charge < -0.3 is 4.57 Å². The van der Waals surface area contributed by atoms with Crippen molar-refractivity contribution in [2.75, 3.05) is 0 Å². The third-order valence-corrected chi connectivity index (χ3v) is 3.36. The molecule has 0 saturated carbocycles. The summed E-state index contributed by atoms with van der Waals surface area (Å²) >= 11 is 0. The summed E-state index contributed by atoms with van der Waals surface area (Å²) in [6, 6.07) is 6.03. The zero-order chi connectivity index (χ0) is 14.2. The second kappa shape index (κ2) is 4.65. The Morgan fingerprint density at radius 2 is 1.95 bits per heavy atom. The van der Waals surface area contributed by atoms with Gasteiger partial charge >= 0.3 is 0 Å². The van der Waals surface area contributed by atoms with E-state index in [2.05, 4.69) is 31.8 Å².